The van der Waals surface area contributed by atoms with Crippen molar-refractivity contribution in [3.05, 3.63) is 58.6 Å². The van der Waals surface area contributed by atoms with Crippen LogP contribution in [-0.2, 0) is 11.3 Å². The fourth-order valence-corrected chi connectivity index (χ4v) is 3.27. The van der Waals surface area contributed by atoms with Crippen molar-refractivity contribution in [3.8, 4) is 0 Å². The maximum Gasteiger partial charge on any atom is 0.257 e. The first-order valence-corrected chi connectivity index (χ1v) is 8.79. The summed E-state index contributed by atoms with van der Waals surface area (Å²) in [5.74, 6) is -0.184. The number of rotatable bonds is 5. The first-order chi connectivity index (χ1) is 11.5. The Balaban J connectivity index is 1.69. The number of fused-ring (bicyclic) bond motifs is 1. The van der Waals surface area contributed by atoms with Gasteiger partial charge in [-0.1, -0.05) is 35.1 Å². The quantitative estimate of drug-likeness (QED) is 0.686. The number of carbonyl (C=O) groups excluding carboxylic acids is 1. The topological polar surface area (TPSA) is 51.2 Å². The summed E-state index contributed by atoms with van der Waals surface area (Å²) < 4.78 is 6.49. The lowest BCUT2D eigenvalue weighted by atomic mass is 10.1. The van der Waals surface area contributed by atoms with Crippen molar-refractivity contribution in [1.29, 1.82) is 0 Å². The first kappa shape index (κ1) is 16.9. The van der Waals surface area contributed by atoms with Crippen LogP contribution in [0.5, 0.6) is 0 Å². The van der Waals surface area contributed by atoms with E-state index in [9.17, 15) is 4.79 Å². The molecule has 0 aliphatic carbocycles. The summed E-state index contributed by atoms with van der Waals surface area (Å²) >= 11 is 7.37. The van der Waals surface area contributed by atoms with Gasteiger partial charge in [0.1, 0.15) is 0 Å². The third kappa shape index (κ3) is 4.12. The van der Waals surface area contributed by atoms with Crippen molar-refractivity contribution in [1.82, 2.24) is 4.98 Å². The normalized spacial score (nSPS) is 11.2. The van der Waals surface area contributed by atoms with Crippen LogP contribution in [0.4, 0.5) is 5.13 Å². The van der Waals surface area contributed by atoms with E-state index < -0.39 is 0 Å². The summed E-state index contributed by atoms with van der Waals surface area (Å²) in [6.45, 7) is 4.53. The molecule has 3 aromatic rings. The van der Waals surface area contributed by atoms with Crippen molar-refractivity contribution in [2.24, 2.45) is 0 Å². The number of nitrogens with zero attached hydrogens (tertiary/aromatic N) is 1. The van der Waals surface area contributed by atoms with Gasteiger partial charge in [0.2, 0.25) is 0 Å². The average molecular weight is 361 g/mol. The van der Waals surface area contributed by atoms with Gasteiger partial charge in [-0.25, -0.2) is 4.98 Å². The molecule has 0 aliphatic heterocycles. The minimum Gasteiger partial charge on any atom is -0.374 e. The number of amides is 1. The highest BCUT2D eigenvalue weighted by atomic mass is 35.5. The highest BCUT2D eigenvalue weighted by molar-refractivity contribution is 7.22. The molecule has 1 N–H and O–H groups in total. The smallest absolute Gasteiger partial charge is 0.257 e. The van der Waals surface area contributed by atoms with E-state index in [1.807, 2.05) is 38.1 Å². The molecule has 0 saturated heterocycles. The Labute approximate surface area is 149 Å². The molecule has 0 unspecified atom stereocenters. The molecule has 0 aliphatic rings. The van der Waals surface area contributed by atoms with Gasteiger partial charge >= 0.3 is 0 Å². The van der Waals surface area contributed by atoms with Crippen LogP contribution in [0.1, 0.15) is 29.8 Å². The van der Waals surface area contributed by atoms with Gasteiger partial charge in [-0.3, -0.25) is 10.1 Å². The van der Waals surface area contributed by atoms with E-state index in [1.165, 1.54) is 11.3 Å². The predicted molar refractivity (Wildman–Crippen MR) is 99.0 cm³/mol. The standard InChI is InChI=1S/C18H17ClN2O2S/c1-11(2)23-10-12-3-5-13(6-4-12)17(22)21-18-20-15-8-7-14(19)9-16(15)24-18/h3-9,11H,10H2,1-2H3,(H,20,21,22). The van der Waals surface area contributed by atoms with Crippen molar-refractivity contribution in [2.45, 2.75) is 26.6 Å². The number of nitrogens with one attached hydrogen (secondary N) is 1. The average Bonchev–Trinajstić information content (AvgIpc) is 2.94. The molecule has 0 spiro atoms. The van der Waals surface area contributed by atoms with E-state index in [1.54, 1.807) is 18.2 Å². The Morgan fingerprint density at radius 2 is 2.00 bits per heavy atom. The zero-order valence-corrected chi connectivity index (χ0v) is 14.9. The molecule has 4 nitrogen and oxygen atoms in total. The van der Waals surface area contributed by atoms with Gasteiger partial charge in [-0.15, -0.1) is 0 Å². The number of thiazole rings is 1. The minimum atomic E-state index is -0.184. The molecular weight excluding hydrogens is 344 g/mol. The molecule has 6 heteroatoms. The molecule has 0 atom stereocenters. The molecule has 0 radical (unpaired) electrons. The van der Waals surface area contributed by atoms with Gasteiger partial charge in [-0.2, -0.15) is 0 Å². The summed E-state index contributed by atoms with van der Waals surface area (Å²) in [5.41, 5.74) is 2.44. The number of hydrogen-bond acceptors (Lipinski definition) is 4. The number of hydrogen-bond donors (Lipinski definition) is 1. The van der Waals surface area contributed by atoms with E-state index >= 15 is 0 Å². The minimum absolute atomic E-state index is 0.181. The van der Waals surface area contributed by atoms with Crippen molar-refractivity contribution < 1.29 is 9.53 Å². The zero-order valence-electron chi connectivity index (χ0n) is 13.4. The monoisotopic (exact) mass is 360 g/mol. The Bertz CT molecular complexity index is 859. The van der Waals surface area contributed by atoms with Gasteiger partial charge in [-0.05, 0) is 49.7 Å². The van der Waals surface area contributed by atoms with Crippen molar-refractivity contribution in [3.63, 3.8) is 0 Å². The summed E-state index contributed by atoms with van der Waals surface area (Å²) in [4.78, 5) is 16.7. The van der Waals surface area contributed by atoms with E-state index in [-0.39, 0.29) is 12.0 Å². The third-order valence-corrected chi connectivity index (χ3v) is 4.54. The molecule has 24 heavy (non-hydrogen) atoms. The summed E-state index contributed by atoms with van der Waals surface area (Å²) in [5, 5.41) is 4.05. The third-order valence-electron chi connectivity index (χ3n) is 3.37. The summed E-state index contributed by atoms with van der Waals surface area (Å²) in [7, 11) is 0. The molecule has 0 fully saturated rings. The van der Waals surface area contributed by atoms with Crippen LogP contribution < -0.4 is 5.32 Å². The summed E-state index contributed by atoms with van der Waals surface area (Å²) in [6.07, 6.45) is 0.181. The first-order valence-electron chi connectivity index (χ1n) is 7.59. The Morgan fingerprint density at radius 3 is 2.71 bits per heavy atom. The second-order valence-electron chi connectivity index (χ2n) is 5.64. The molecule has 124 valence electrons. The lowest BCUT2D eigenvalue weighted by Crippen LogP contribution is -2.11. The van der Waals surface area contributed by atoms with Crippen LogP contribution in [0.3, 0.4) is 0 Å². The highest BCUT2D eigenvalue weighted by Gasteiger charge is 2.10. The SMILES string of the molecule is CC(C)OCc1ccc(C(=O)Nc2nc3ccc(Cl)cc3s2)cc1. The number of carbonyl (C=O) groups is 1. The van der Waals surface area contributed by atoms with Gasteiger partial charge in [0.25, 0.3) is 5.91 Å². The lowest BCUT2D eigenvalue weighted by molar-refractivity contribution is 0.0657. The van der Waals surface area contributed by atoms with Crippen molar-refractivity contribution in [2.75, 3.05) is 5.32 Å². The zero-order chi connectivity index (χ0) is 17.1. The molecule has 2 aromatic carbocycles. The molecule has 0 bridgehead atoms. The van der Waals surface area contributed by atoms with E-state index in [0.717, 1.165) is 15.8 Å². The fourth-order valence-electron chi connectivity index (χ4n) is 2.14. The van der Waals surface area contributed by atoms with Gasteiger partial charge in [0.15, 0.2) is 5.13 Å². The number of anilines is 1. The summed E-state index contributed by atoms with van der Waals surface area (Å²) in [6, 6.07) is 12.8. The molecule has 3 rings (SSSR count). The molecule has 1 amide bonds. The molecule has 0 saturated carbocycles. The largest absolute Gasteiger partial charge is 0.374 e. The second-order valence-corrected chi connectivity index (χ2v) is 7.11. The van der Waals surface area contributed by atoms with Crippen LogP contribution in [0.25, 0.3) is 10.2 Å². The maximum absolute atomic E-state index is 12.3. The molecular formula is C18H17ClN2O2S. The number of halogens is 1. The lowest BCUT2D eigenvalue weighted by Gasteiger charge is -2.08. The van der Waals surface area contributed by atoms with Crippen LogP contribution in [0.15, 0.2) is 42.5 Å². The molecule has 1 heterocycles. The van der Waals surface area contributed by atoms with Gasteiger partial charge in [0, 0.05) is 10.6 Å². The second kappa shape index (κ2) is 7.30. The predicted octanol–water partition coefficient (Wildman–Crippen LogP) is 5.13. The number of ether oxygens (including phenoxy) is 1. The Kier molecular flexibility index (Phi) is 5.14. The van der Waals surface area contributed by atoms with Crippen LogP contribution in [-0.4, -0.2) is 17.0 Å². The highest BCUT2D eigenvalue weighted by Crippen LogP contribution is 2.28. The van der Waals surface area contributed by atoms with Crippen LogP contribution in [0.2, 0.25) is 5.02 Å². The number of benzene rings is 2. The molecule has 1 aromatic heterocycles. The van der Waals surface area contributed by atoms with E-state index in [4.69, 9.17) is 16.3 Å². The van der Waals surface area contributed by atoms with Crippen molar-refractivity contribution >= 4 is 44.2 Å². The Hall–Kier alpha value is -1.95. The number of aromatic nitrogens is 1. The van der Waals surface area contributed by atoms with Crippen LogP contribution in [0, 0.1) is 0 Å². The van der Waals surface area contributed by atoms with E-state index in [2.05, 4.69) is 10.3 Å². The van der Waals surface area contributed by atoms with Gasteiger partial charge in [0.05, 0.1) is 22.9 Å². The Morgan fingerprint density at radius 1 is 1.25 bits per heavy atom. The van der Waals surface area contributed by atoms with E-state index in [0.29, 0.717) is 22.3 Å². The van der Waals surface area contributed by atoms with Crippen LogP contribution >= 0.6 is 22.9 Å². The maximum atomic E-state index is 12.3. The fraction of sp³-hybridized carbons (Fsp3) is 0.222. The van der Waals surface area contributed by atoms with Gasteiger partial charge < -0.3 is 4.74 Å².